The van der Waals surface area contributed by atoms with E-state index in [0.717, 1.165) is 36.8 Å². The molecule has 2 aromatic rings. The Bertz CT molecular complexity index is 785. The van der Waals surface area contributed by atoms with E-state index in [9.17, 15) is 5.26 Å². The van der Waals surface area contributed by atoms with Gasteiger partial charge in [0.05, 0.1) is 22.7 Å². The van der Waals surface area contributed by atoms with Crippen LogP contribution in [0.15, 0.2) is 29.6 Å². The van der Waals surface area contributed by atoms with E-state index < -0.39 is 0 Å². The fraction of sp³-hybridized carbons (Fsp3) is 0.524. The molecule has 4 nitrogen and oxygen atoms in total. The van der Waals surface area contributed by atoms with Crippen molar-refractivity contribution in [1.82, 2.24) is 9.88 Å². The summed E-state index contributed by atoms with van der Waals surface area (Å²) >= 11 is 1.71. The van der Waals surface area contributed by atoms with Crippen LogP contribution in [0.3, 0.4) is 0 Å². The number of rotatable bonds is 3. The summed E-state index contributed by atoms with van der Waals surface area (Å²) in [7, 11) is 0. The van der Waals surface area contributed by atoms with E-state index in [1.54, 1.807) is 11.3 Å². The van der Waals surface area contributed by atoms with Crippen LogP contribution in [0.5, 0.6) is 0 Å². The molecule has 0 bridgehead atoms. The van der Waals surface area contributed by atoms with E-state index in [0.29, 0.717) is 6.04 Å². The minimum atomic E-state index is 0.236. The van der Waals surface area contributed by atoms with Crippen LogP contribution in [-0.2, 0) is 0 Å². The van der Waals surface area contributed by atoms with Crippen molar-refractivity contribution in [3.63, 3.8) is 0 Å². The Balaban J connectivity index is 1.40. The molecule has 2 aliphatic heterocycles. The number of piperidine rings is 2. The third-order valence-electron chi connectivity index (χ3n) is 5.74. The molecule has 1 aromatic heterocycles. The summed E-state index contributed by atoms with van der Waals surface area (Å²) in [5, 5.41) is 12.5. The summed E-state index contributed by atoms with van der Waals surface area (Å²) in [6.07, 6.45) is 4.64. The fourth-order valence-corrected chi connectivity index (χ4v) is 4.91. The van der Waals surface area contributed by atoms with E-state index in [4.69, 9.17) is 0 Å². The van der Waals surface area contributed by atoms with Crippen molar-refractivity contribution in [2.24, 2.45) is 5.92 Å². The largest absolute Gasteiger partial charge is 0.371 e. The quantitative estimate of drug-likeness (QED) is 0.811. The lowest BCUT2D eigenvalue weighted by Gasteiger charge is -2.42. The zero-order valence-corrected chi connectivity index (χ0v) is 16.2. The number of thiazole rings is 1. The zero-order chi connectivity index (χ0) is 17.9. The topological polar surface area (TPSA) is 43.2 Å². The molecule has 1 atom stereocenters. The van der Waals surface area contributed by atoms with Crippen molar-refractivity contribution in [1.29, 1.82) is 5.26 Å². The Morgan fingerprint density at radius 1 is 1.19 bits per heavy atom. The minimum absolute atomic E-state index is 0.236. The Kier molecular flexibility index (Phi) is 5.23. The van der Waals surface area contributed by atoms with Gasteiger partial charge < -0.3 is 4.90 Å². The SMILES string of the molecule is Cc1nc(-c2cccc(N3CCC(N4CCCC(C#N)C4)CC3)c2)cs1. The first-order valence-corrected chi connectivity index (χ1v) is 10.5. The average Bonchev–Trinajstić information content (AvgIpc) is 3.15. The first-order valence-electron chi connectivity index (χ1n) is 9.64. The van der Waals surface area contributed by atoms with Gasteiger partial charge in [-0.3, -0.25) is 4.90 Å². The highest BCUT2D eigenvalue weighted by molar-refractivity contribution is 7.09. The van der Waals surface area contributed by atoms with Gasteiger partial charge in [-0.25, -0.2) is 4.98 Å². The third-order valence-corrected chi connectivity index (χ3v) is 6.52. The number of nitrogens with zero attached hydrogens (tertiary/aromatic N) is 4. The predicted octanol–water partition coefficient (Wildman–Crippen LogP) is 4.32. The van der Waals surface area contributed by atoms with E-state index in [2.05, 4.69) is 57.4 Å². The average molecular weight is 367 g/mol. The highest BCUT2D eigenvalue weighted by atomic mass is 32.1. The van der Waals surface area contributed by atoms with Crippen molar-refractivity contribution in [2.75, 3.05) is 31.1 Å². The van der Waals surface area contributed by atoms with Crippen molar-refractivity contribution in [2.45, 2.75) is 38.6 Å². The van der Waals surface area contributed by atoms with Gasteiger partial charge in [-0.05, 0) is 51.3 Å². The molecule has 2 saturated heterocycles. The highest BCUT2D eigenvalue weighted by Gasteiger charge is 2.28. The molecule has 0 aliphatic carbocycles. The first kappa shape index (κ1) is 17.5. The molecule has 1 unspecified atom stereocenters. The van der Waals surface area contributed by atoms with Gasteiger partial charge >= 0.3 is 0 Å². The van der Waals surface area contributed by atoms with Crippen LogP contribution >= 0.6 is 11.3 Å². The van der Waals surface area contributed by atoms with Gasteiger partial charge in [-0.2, -0.15) is 5.26 Å². The molecule has 0 spiro atoms. The smallest absolute Gasteiger partial charge is 0.0901 e. The van der Waals surface area contributed by atoms with Crippen LogP contribution < -0.4 is 4.90 Å². The van der Waals surface area contributed by atoms with Crippen LogP contribution in [0, 0.1) is 24.2 Å². The summed E-state index contributed by atoms with van der Waals surface area (Å²) in [5.74, 6) is 0.236. The standard InChI is InChI=1S/C21H26N4S/c1-16-23-21(15-26-16)18-5-2-6-20(12-18)24-10-7-19(8-11-24)25-9-3-4-17(13-22)14-25/h2,5-6,12,15,17,19H,3-4,7-11,14H2,1H3. The predicted molar refractivity (Wildman–Crippen MR) is 107 cm³/mol. The maximum Gasteiger partial charge on any atom is 0.0901 e. The monoisotopic (exact) mass is 366 g/mol. The zero-order valence-electron chi connectivity index (χ0n) is 15.4. The lowest BCUT2D eigenvalue weighted by Crippen LogP contribution is -2.48. The van der Waals surface area contributed by atoms with Gasteiger partial charge in [0.25, 0.3) is 0 Å². The van der Waals surface area contributed by atoms with E-state index in [1.165, 1.54) is 37.1 Å². The molecule has 0 radical (unpaired) electrons. The van der Waals surface area contributed by atoms with Gasteiger partial charge in [-0.15, -0.1) is 11.3 Å². The lowest BCUT2D eigenvalue weighted by atomic mass is 9.94. The molecule has 3 heterocycles. The van der Waals surface area contributed by atoms with Crippen molar-refractivity contribution in [3.05, 3.63) is 34.7 Å². The van der Waals surface area contributed by atoms with Crippen LogP contribution in [0.4, 0.5) is 5.69 Å². The second-order valence-corrected chi connectivity index (χ2v) is 8.55. The van der Waals surface area contributed by atoms with Crippen molar-refractivity contribution < 1.29 is 0 Å². The second-order valence-electron chi connectivity index (χ2n) is 7.48. The molecule has 136 valence electrons. The Morgan fingerprint density at radius 3 is 2.77 bits per heavy atom. The number of hydrogen-bond acceptors (Lipinski definition) is 5. The number of aromatic nitrogens is 1. The van der Waals surface area contributed by atoms with E-state index in [-0.39, 0.29) is 5.92 Å². The Labute approximate surface area is 160 Å². The van der Waals surface area contributed by atoms with Crippen LogP contribution in [0.2, 0.25) is 0 Å². The summed E-state index contributed by atoms with van der Waals surface area (Å²) in [4.78, 5) is 9.70. The van der Waals surface area contributed by atoms with Crippen molar-refractivity contribution in [3.8, 4) is 17.3 Å². The lowest BCUT2D eigenvalue weighted by molar-refractivity contribution is 0.122. The Morgan fingerprint density at radius 2 is 2.04 bits per heavy atom. The summed E-state index contributed by atoms with van der Waals surface area (Å²) in [6.45, 7) is 6.39. The molecule has 2 fully saturated rings. The number of hydrogen-bond donors (Lipinski definition) is 0. The number of anilines is 1. The molecular formula is C21H26N4S. The summed E-state index contributed by atoms with van der Waals surface area (Å²) < 4.78 is 0. The van der Waals surface area contributed by atoms with Crippen LogP contribution in [-0.4, -0.2) is 42.1 Å². The molecule has 4 rings (SSSR count). The number of likely N-dealkylation sites (tertiary alicyclic amines) is 1. The molecule has 2 aliphatic rings. The molecule has 5 heteroatoms. The summed E-state index contributed by atoms with van der Waals surface area (Å²) in [6, 6.07) is 11.9. The molecule has 26 heavy (non-hydrogen) atoms. The van der Waals surface area contributed by atoms with Gasteiger partial charge in [0, 0.05) is 42.3 Å². The molecule has 0 saturated carbocycles. The number of benzene rings is 1. The van der Waals surface area contributed by atoms with Gasteiger partial charge in [0.2, 0.25) is 0 Å². The Hall–Kier alpha value is -1.90. The van der Waals surface area contributed by atoms with E-state index in [1.807, 2.05) is 0 Å². The van der Waals surface area contributed by atoms with Gasteiger partial charge in [0.15, 0.2) is 0 Å². The number of aryl methyl sites for hydroxylation is 1. The van der Waals surface area contributed by atoms with Gasteiger partial charge in [-0.1, -0.05) is 12.1 Å². The van der Waals surface area contributed by atoms with Gasteiger partial charge in [0.1, 0.15) is 0 Å². The molecule has 1 aromatic carbocycles. The third kappa shape index (κ3) is 3.77. The normalized spacial score (nSPS) is 22.3. The molecule has 0 N–H and O–H groups in total. The highest BCUT2D eigenvalue weighted by Crippen LogP contribution is 2.29. The van der Waals surface area contributed by atoms with E-state index >= 15 is 0 Å². The fourth-order valence-electron chi connectivity index (χ4n) is 4.29. The number of nitriles is 1. The maximum atomic E-state index is 9.23. The second kappa shape index (κ2) is 7.77. The molecule has 0 amide bonds. The molecular weight excluding hydrogens is 340 g/mol. The maximum absolute atomic E-state index is 9.23. The van der Waals surface area contributed by atoms with Crippen LogP contribution in [0.1, 0.15) is 30.7 Å². The van der Waals surface area contributed by atoms with Crippen LogP contribution in [0.25, 0.3) is 11.3 Å². The minimum Gasteiger partial charge on any atom is -0.371 e. The first-order chi connectivity index (χ1) is 12.7. The summed E-state index contributed by atoms with van der Waals surface area (Å²) in [5.41, 5.74) is 3.60. The van der Waals surface area contributed by atoms with Crippen molar-refractivity contribution >= 4 is 17.0 Å².